The summed E-state index contributed by atoms with van der Waals surface area (Å²) in [5.74, 6) is -2.11. The maximum atomic E-state index is 11.9. The van der Waals surface area contributed by atoms with Crippen LogP contribution in [-0.2, 0) is 37.5 Å². The van der Waals surface area contributed by atoms with Gasteiger partial charge in [0, 0.05) is 32.7 Å². The molecule has 1 aliphatic rings. The number of hydrogen-bond acceptors (Lipinski definition) is 3. The zero-order valence-electron chi connectivity index (χ0n) is 10.7. The van der Waals surface area contributed by atoms with Gasteiger partial charge in [-0.1, -0.05) is 12.1 Å². The molecule has 0 atom stereocenters. The average molecular weight is 347 g/mol. The molecule has 1 heterocycles. The van der Waals surface area contributed by atoms with E-state index in [2.05, 4.69) is 6.08 Å². The van der Waals surface area contributed by atoms with Crippen LogP contribution in [0.1, 0.15) is 27.6 Å². The fourth-order valence-corrected chi connectivity index (χ4v) is 1.66. The second kappa shape index (κ2) is 6.88. The van der Waals surface area contributed by atoms with Gasteiger partial charge in [0.2, 0.25) is 0 Å². The molecule has 1 radical (unpaired) electrons. The van der Waals surface area contributed by atoms with Gasteiger partial charge in [-0.3, -0.25) is 20.5 Å². The topological polar surface area (TPSA) is 89.1 Å². The smallest absolute Gasteiger partial charge is 0.285 e. The Morgan fingerprint density at radius 3 is 2.20 bits per heavy atom. The van der Waals surface area contributed by atoms with Crippen LogP contribution < -0.4 is 0 Å². The third-order valence-electron chi connectivity index (χ3n) is 2.67. The zero-order valence-corrected chi connectivity index (χ0v) is 13.5. The minimum Gasteiger partial charge on any atom is -0.874 e. The minimum atomic E-state index is -0.959. The number of benzene rings is 1. The number of fused-ring (bicyclic) bond motifs is 1. The summed E-state index contributed by atoms with van der Waals surface area (Å²) < 4.78 is 0. The first-order chi connectivity index (χ1) is 9.06. The molecule has 1 aromatic carbocycles. The van der Waals surface area contributed by atoms with Crippen molar-refractivity contribution in [3.8, 4) is 0 Å². The number of nitrogens with zero attached hydrogens (tertiary/aromatic N) is 2. The van der Waals surface area contributed by atoms with E-state index in [0.717, 1.165) is 0 Å². The van der Waals surface area contributed by atoms with Crippen molar-refractivity contribution in [2.24, 2.45) is 0 Å². The van der Waals surface area contributed by atoms with Gasteiger partial charge < -0.3 is 10.5 Å². The van der Waals surface area contributed by atoms with Gasteiger partial charge in [0.1, 0.15) is 0 Å². The number of rotatable bonds is 4. The maximum absolute atomic E-state index is 11.9. The van der Waals surface area contributed by atoms with E-state index in [1.54, 1.807) is 12.1 Å². The van der Waals surface area contributed by atoms with E-state index in [1.807, 2.05) is 0 Å². The summed E-state index contributed by atoms with van der Waals surface area (Å²) in [6, 6.07) is 6.34. The average Bonchev–Trinajstić information content (AvgIpc) is 2.64. The first-order valence-electron chi connectivity index (χ1n) is 5.45. The van der Waals surface area contributed by atoms with Crippen molar-refractivity contribution in [2.75, 3.05) is 6.61 Å². The third kappa shape index (κ3) is 3.03. The number of hydroxylamine groups is 2. The van der Waals surface area contributed by atoms with Gasteiger partial charge in [0.15, 0.2) is 0 Å². The number of aliphatic hydroxyl groups is 1. The van der Waals surface area contributed by atoms with Crippen LogP contribution in [0.3, 0.4) is 0 Å². The molecule has 6 nitrogen and oxygen atoms in total. The fraction of sp³-hybridized carbons (Fsp3) is 0.154. The Morgan fingerprint density at radius 2 is 1.80 bits per heavy atom. The standard InChI is InChI=1S/C13H10N2O4.Y/c1-2-8(11(14)16)7-19-15-12(17)9-5-3-4-6-10(9)13(15)18;/h3-6H,7H2,1H3,(H-,14,16);/q-2;. The first-order valence-corrected chi connectivity index (χ1v) is 5.45. The van der Waals surface area contributed by atoms with Gasteiger partial charge >= 0.3 is 0 Å². The second-order valence-electron chi connectivity index (χ2n) is 3.78. The molecule has 0 saturated carbocycles. The molecule has 1 aliphatic heterocycles. The van der Waals surface area contributed by atoms with Crippen molar-refractivity contribution >= 4 is 17.7 Å². The summed E-state index contributed by atoms with van der Waals surface area (Å²) in [7, 11) is 0. The van der Waals surface area contributed by atoms with Crippen molar-refractivity contribution < 1.29 is 52.2 Å². The third-order valence-corrected chi connectivity index (χ3v) is 2.67. The van der Waals surface area contributed by atoms with Crippen LogP contribution in [0.2, 0.25) is 0 Å². The quantitative estimate of drug-likeness (QED) is 0.387. The molecular weight excluding hydrogens is 337 g/mol. The first kappa shape index (κ1) is 16.7. The molecule has 2 amide bonds. The largest absolute Gasteiger partial charge is 0.874 e. The number of carbonyl (C=O) groups excluding carboxylic acids is 2. The van der Waals surface area contributed by atoms with Gasteiger partial charge in [-0.2, -0.15) is 11.5 Å². The van der Waals surface area contributed by atoms with Crippen LogP contribution in [0.25, 0.3) is 5.41 Å². The Hall–Kier alpha value is -1.37. The number of imide groups is 1. The van der Waals surface area contributed by atoms with Gasteiger partial charge in [-0.25, -0.2) is 0 Å². The van der Waals surface area contributed by atoms with Crippen molar-refractivity contribution in [1.82, 2.24) is 5.06 Å². The number of amides is 2. The molecule has 0 saturated heterocycles. The molecular formula is C13H10N2O4Y-2. The Balaban J connectivity index is 0.00000200. The number of hydrogen-bond donors (Lipinski definition) is 1. The Morgan fingerprint density at radius 1 is 1.30 bits per heavy atom. The van der Waals surface area contributed by atoms with E-state index >= 15 is 0 Å². The van der Waals surface area contributed by atoms with Gasteiger partial charge in [0.25, 0.3) is 11.8 Å². The normalized spacial score (nSPS) is 14.1. The van der Waals surface area contributed by atoms with E-state index < -0.39 is 17.7 Å². The zero-order chi connectivity index (χ0) is 14.0. The van der Waals surface area contributed by atoms with E-state index in [4.69, 9.17) is 15.4 Å². The fourth-order valence-electron chi connectivity index (χ4n) is 1.66. The van der Waals surface area contributed by atoms with Crippen molar-refractivity contribution in [3.63, 3.8) is 0 Å². The molecule has 20 heavy (non-hydrogen) atoms. The van der Waals surface area contributed by atoms with Crippen molar-refractivity contribution in [1.29, 1.82) is 0 Å². The number of aliphatic hydroxyl groups excluding tert-OH is 1. The molecule has 1 aromatic rings. The molecule has 0 fully saturated rings. The predicted octanol–water partition coefficient (Wildman–Crippen LogP) is 1.49. The van der Waals surface area contributed by atoms with Crippen LogP contribution in [0.15, 0.2) is 29.8 Å². The van der Waals surface area contributed by atoms with E-state index in [9.17, 15) is 9.59 Å². The van der Waals surface area contributed by atoms with Gasteiger partial charge in [0.05, 0.1) is 17.7 Å². The summed E-state index contributed by atoms with van der Waals surface area (Å²) >= 11 is 0. The van der Waals surface area contributed by atoms with Gasteiger partial charge in [-0.05, 0) is 12.1 Å². The monoisotopic (exact) mass is 347 g/mol. The predicted molar refractivity (Wildman–Crippen MR) is 66.3 cm³/mol. The van der Waals surface area contributed by atoms with E-state index in [1.165, 1.54) is 19.1 Å². The molecule has 7 heteroatoms. The number of allylic oxidation sites excluding steroid dienone is 1. The second-order valence-corrected chi connectivity index (χ2v) is 3.78. The summed E-state index contributed by atoms with van der Waals surface area (Å²) in [6.07, 6.45) is 2.48. The van der Waals surface area contributed by atoms with Crippen LogP contribution in [0.4, 0.5) is 0 Å². The Bertz CT molecular complexity index is 563. The summed E-state index contributed by atoms with van der Waals surface area (Å²) in [4.78, 5) is 28.8. The molecule has 0 aromatic heterocycles. The molecule has 0 unspecified atom stereocenters. The molecule has 0 bridgehead atoms. The molecule has 0 spiro atoms. The summed E-state index contributed by atoms with van der Waals surface area (Å²) in [6.45, 7) is 1.11. The van der Waals surface area contributed by atoms with Crippen LogP contribution in [0.5, 0.6) is 0 Å². The SMILES string of the molecule is C[C-]=C(CON1C(=O)c2ccccc2C1=O)C(=[N-])O.[Y]. The van der Waals surface area contributed by atoms with E-state index in [0.29, 0.717) is 5.06 Å². The molecule has 1 N–H and O–H groups in total. The van der Waals surface area contributed by atoms with Crippen LogP contribution in [0, 0.1) is 6.08 Å². The number of carbonyl (C=O) groups is 2. The Kier molecular flexibility index (Phi) is 5.74. The van der Waals surface area contributed by atoms with Crippen LogP contribution >= 0.6 is 0 Å². The maximum Gasteiger partial charge on any atom is 0.285 e. The molecule has 0 aliphatic carbocycles. The van der Waals surface area contributed by atoms with Crippen molar-refractivity contribution in [2.45, 2.75) is 6.92 Å². The minimum absolute atomic E-state index is 0. The summed E-state index contributed by atoms with van der Waals surface area (Å²) in [5.41, 5.74) is 0.475. The van der Waals surface area contributed by atoms with Crippen molar-refractivity contribution in [3.05, 3.63) is 52.5 Å². The van der Waals surface area contributed by atoms with Gasteiger partial charge in [-0.15, -0.1) is 12.0 Å². The van der Waals surface area contributed by atoms with E-state index in [-0.39, 0.29) is 56.0 Å². The summed E-state index contributed by atoms with van der Waals surface area (Å²) in [5, 5.41) is 18.4. The van der Waals surface area contributed by atoms with Crippen LogP contribution in [-0.4, -0.2) is 34.5 Å². The molecule has 101 valence electrons. The Labute approximate surface area is 140 Å². The molecule has 2 rings (SSSR count).